The SMILES string of the molecule is N#Cc1[nH]nnc1-c1cccc(C=Cc2ccc3c(c2)OC(F)(F)O3)c1. The number of nitriles is 1. The predicted octanol–water partition coefficient (Wildman–Crippen LogP) is 3.84. The number of nitrogens with one attached hydrogen (secondary N) is 1. The molecule has 0 amide bonds. The first-order valence-electron chi connectivity index (χ1n) is 7.54. The fourth-order valence-electron chi connectivity index (χ4n) is 2.56. The van der Waals surface area contributed by atoms with Gasteiger partial charge in [0.15, 0.2) is 17.2 Å². The van der Waals surface area contributed by atoms with E-state index >= 15 is 0 Å². The van der Waals surface area contributed by atoms with Crippen LogP contribution in [0.2, 0.25) is 0 Å². The Bertz CT molecular complexity index is 1050. The number of halogens is 2. The molecular weight excluding hydrogens is 342 g/mol. The van der Waals surface area contributed by atoms with Crippen molar-refractivity contribution in [1.29, 1.82) is 5.26 Å². The zero-order valence-electron chi connectivity index (χ0n) is 13.1. The van der Waals surface area contributed by atoms with Crippen molar-refractivity contribution in [2.75, 3.05) is 0 Å². The van der Waals surface area contributed by atoms with Gasteiger partial charge in [-0.3, -0.25) is 0 Å². The van der Waals surface area contributed by atoms with E-state index in [-0.39, 0.29) is 17.2 Å². The highest BCUT2D eigenvalue weighted by molar-refractivity contribution is 5.74. The van der Waals surface area contributed by atoms with Crippen LogP contribution in [0, 0.1) is 11.3 Å². The number of hydrogen-bond acceptors (Lipinski definition) is 5. The molecule has 2 heterocycles. The fraction of sp³-hybridized carbons (Fsp3) is 0.0556. The van der Waals surface area contributed by atoms with E-state index in [4.69, 9.17) is 5.26 Å². The predicted molar refractivity (Wildman–Crippen MR) is 88.1 cm³/mol. The number of nitrogens with zero attached hydrogens (tertiary/aromatic N) is 3. The number of rotatable bonds is 3. The Hall–Kier alpha value is -3.73. The lowest BCUT2D eigenvalue weighted by Gasteiger charge is -2.04. The van der Waals surface area contributed by atoms with Gasteiger partial charge in [0.2, 0.25) is 0 Å². The number of ether oxygens (including phenoxy) is 2. The minimum atomic E-state index is -3.63. The molecule has 1 aliphatic heterocycles. The molecular formula is C18H10F2N4O2. The van der Waals surface area contributed by atoms with E-state index in [1.54, 1.807) is 12.1 Å². The van der Waals surface area contributed by atoms with Crippen LogP contribution in [0.15, 0.2) is 42.5 Å². The second-order valence-electron chi connectivity index (χ2n) is 5.48. The first-order valence-corrected chi connectivity index (χ1v) is 7.54. The van der Waals surface area contributed by atoms with Gasteiger partial charge < -0.3 is 9.47 Å². The van der Waals surface area contributed by atoms with Crippen LogP contribution < -0.4 is 9.47 Å². The van der Waals surface area contributed by atoms with Gasteiger partial charge in [-0.1, -0.05) is 41.6 Å². The zero-order valence-corrected chi connectivity index (χ0v) is 13.1. The Kier molecular flexibility index (Phi) is 3.62. The molecule has 0 fully saturated rings. The molecule has 0 aliphatic carbocycles. The topological polar surface area (TPSA) is 83.8 Å². The van der Waals surface area contributed by atoms with Crippen molar-refractivity contribution in [2.45, 2.75) is 6.29 Å². The second kappa shape index (κ2) is 5.97. The Morgan fingerprint density at radius 2 is 1.81 bits per heavy atom. The van der Waals surface area contributed by atoms with Crippen LogP contribution in [0.25, 0.3) is 23.4 Å². The molecule has 128 valence electrons. The standard InChI is InChI=1S/C18H10F2N4O2/c19-18(20)25-15-7-6-12(9-16(15)26-18)5-4-11-2-1-3-13(8-11)17-14(10-21)22-24-23-17/h1-9H,(H,22,23,24). The van der Waals surface area contributed by atoms with Crippen molar-refractivity contribution < 1.29 is 18.3 Å². The average Bonchev–Trinajstić information content (AvgIpc) is 3.22. The smallest absolute Gasteiger partial charge is 0.395 e. The molecule has 8 heteroatoms. The largest absolute Gasteiger partial charge is 0.586 e. The van der Waals surface area contributed by atoms with Crippen molar-refractivity contribution in [3.05, 3.63) is 59.3 Å². The normalized spacial score (nSPS) is 14.5. The number of benzene rings is 2. The number of aromatic nitrogens is 3. The molecule has 4 rings (SSSR count). The zero-order chi connectivity index (χ0) is 18.1. The van der Waals surface area contributed by atoms with Gasteiger partial charge >= 0.3 is 6.29 Å². The third-order valence-corrected chi connectivity index (χ3v) is 3.71. The third-order valence-electron chi connectivity index (χ3n) is 3.71. The molecule has 3 aromatic rings. The van der Waals surface area contributed by atoms with Crippen LogP contribution in [0.4, 0.5) is 8.78 Å². The maximum atomic E-state index is 13.1. The van der Waals surface area contributed by atoms with Crippen LogP contribution in [-0.2, 0) is 0 Å². The lowest BCUT2D eigenvalue weighted by Crippen LogP contribution is -2.25. The van der Waals surface area contributed by atoms with Crippen molar-refractivity contribution in [2.24, 2.45) is 0 Å². The van der Waals surface area contributed by atoms with Crippen LogP contribution >= 0.6 is 0 Å². The second-order valence-corrected chi connectivity index (χ2v) is 5.48. The molecule has 0 atom stereocenters. The van der Waals surface area contributed by atoms with Crippen LogP contribution in [-0.4, -0.2) is 21.7 Å². The highest BCUT2D eigenvalue weighted by Crippen LogP contribution is 2.41. The number of hydrogen-bond donors (Lipinski definition) is 1. The summed E-state index contributed by atoms with van der Waals surface area (Å²) in [5.74, 6) is -0.00336. The quantitative estimate of drug-likeness (QED) is 0.724. The molecule has 26 heavy (non-hydrogen) atoms. The number of fused-ring (bicyclic) bond motifs is 1. The Morgan fingerprint density at radius 3 is 2.62 bits per heavy atom. The third kappa shape index (κ3) is 2.98. The van der Waals surface area contributed by atoms with Crippen LogP contribution in [0.3, 0.4) is 0 Å². The van der Waals surface area contributed by atoms with E-state index in [1.807, 2.05) is 36.4 Å². The maximum Gasteiger partial charge on any atom is 0.586 e. The summed E-state index contributed by atoms with van der Waals surface area (Å²) >= 11 is 0. The molecule has 2 aromatic carbocycles. The molecule has 0 spiro atoms. The monoisotopic (exact) mass is 352 g/mol. The minimum absolute atomic E-state index is 0.00390. The molecule has 1 aromatic heterocycles. The van der Waals surface area contributed by atoms with Gasteiger partial charge in [-0.2, -0.15) is 5.26 Å². The molecule has 0 bridgehead atoms. The van der Waals surface area contributed by atoms with Crippen molar-refractivity contribution in [3.8, 4) is 28.8 Å². The lowest BCUT2D eigenvalue weighted by atomic mass is 10.1. The lowest BCUT2D eigenvalue weighted by molar-refractivity contribution is -0.286. The highest BCUT2D eigenvalue weighted by Gasteiger charge is 2.43. The number of H-pyrrole nitrogens is 1. The van der Waals surface area contributed by atoms with E-state index in [0.717, 1.165) is 11.1 Å². The molecule has 1 N–H and O–H groups in total. The van der Waals surface area contributed by atoms with E-state index in [2.05, 4.69) is 24.9 Å². The van der Waals surface area contributed by atoms with Gasteiger partial charge in [0.25, 0.3) is 0 Å². The van der Waals surface area contributed by atoms with Gasteiger partial charge in [-0.15, -0.1) is 13.9 Å². The molecule has 0 radical (unpaired) electrons. The Labute approximate surface area is 146 Å². The number of aromatic amines is 1. The van der Waals surface area contributed by atoms with Gasteiger partial charge in [-0.25, -0.2) is 5.10 Å². The summed E-state index contributed by atoms with van der Waals surface area (Å²) in [4.78, 5) is 0. The Balaban J connectivity index is 1.59. The fourth-order valence-corrected chi connectivity index (χ4v) is 2.56. The summed E-state index contributed by atoms with van der Waals surface area (Å²) in [6.07, 6.45) is -0.0619. The summed E-state index contributed by atoms with van der Waals surface area (Å²) in [6, 6.07) is 13.9. The molecule has 0 saturated heterocycles. The van der Waals surface area contributed by atoms with Gasteiger partial charge in [-0.05, 0) is 29.3 Å². The van der Waals surface area contributed by atoms with Crippen LogP contribution in [0.1, 0.15) is 16.8 Å². The summed E-state index contributed by atoms with van der Waals surface area (Å²) in [6.45, 7) is 0. The Morgan fingerprint density at radius 1 is 1.04 bits per heavy atom. The van der Waals surface area contributed by atoms with Crippen molar-refractivity contribution in [3.63, 3.8) is 0 Å². The van der Waals surface area contributed by atoms with E-state index in [0.29, 0.717) is 11.3 Å². The maximum absolute atomic E-state index is 13.1. The molecule has 6 nitrogen and oxygen atoms in total. The van der Waals surface area contributed by atoms with Gasteiger partial charge in [0.05, 0.1) is 0 Å². The average molecular weight is 352 g/mol. The minimum Gasteiger partial charge on any atom is -0.395 e. The summed E-state index contributed by atoms with van der Waals surface area (Å²) < 4.78 is 34.9. The molecule has 0 saturated carbocycles. The highest BCUT2D eigenvalue weighted by atomic mass is 19.3. The van der Waals surface area contributed by atoms with Gasteiger partial charge in [0, 0.05) is 5.56 Å². The number of alkyl halides is 2. The summed E-state index contributed by atoms with van der Waals surface area (Å²) in [7, 11) is 0. The van der Waals surface area contributed by atoms with E-state index in [9.17, 15) is 8.78 Å². The van der Waals surface area contributed by atoms with Gasteiger partial charge in [0.1, 0.15) is 11.8 Å². The van der Waals surface area contributed by atoms with E-state index < -0.39 is 6.29 Å². The first kappa shape index (κ1) is 15.8. The first-order chi connectivity index (χ1) is 12.5. The van der Waals surface area contributed by atoms with Crippen molar-refractivity contribution >= 4 is 12.2 Å². The summed E-state index contributed by atoms with van der Waals surface area (Å²) in [5.41, 5.74) is 3.01. The van der Waals surface area contributed by atoms with Crippen molar-refractivity contribution in [1.82, 2.24) is 15.4 Å². The van der Waals surface area contributed by atoms with E-state index in [1.165, 1.54) is 12.1 Å². The summed E-state index contributed by atoms with van der Waals surface area (Å²) in [5, 5.41) is 19.1. The molecule has 1 aliphatic rings. The molecule has 0 unspecified atom stereocenters. The van der Waals surface area contributed by atoms with Crippen LogP contribution in [0.5, 0.6) is 11.5 Å².